The molecule has 0 atom stereocenters. The summed E-state index contributed by atoms with van der Waals surface area (Å²) in [4.78, 5) is 25.9. The monoisotopic (exact) mass is 456 g/mol. The number of carbonyl (C=O) groups is 2. The third-order valence-electron chi connectivity index (χ3n) is 4.92. The van der Waals surface area contributed by atoms with Crippen LogP contribution in [0.3, 0.4) is 0 Å². The minimum Gasteiger partial charge on any atom is -0.476 e. The van der Waals surface area contributed by atoms with Crippen LogP contribution in [0, 0.1) is 5.82 Å². The second-order valence-electron chi connectivity index (χ2n) is 7.00. The summed E-state index contributed by atoms with van der Waals surface area (Å²) in [5.41, 5.74) is 0.892. The number of rotatable bonds is 5. The molecule has 164 valence electrons. The van der Waals surface area contributed by atoms with Gasteiger partial charge >= 0.3 is 5.97 Å². The highest BCUT2D eigenvalue weighted by molar-refractivity contribution is 6.33. The normalized spacial score (nSPS) is 13.6. The standard InChI is InChI=1S/C22H18ClFN4O4/c23-15-2-1-3-16(24)19(15)17-12-18(20(22(30)31)27-26-17)25-14-6-4-13(5-7-14)21(29)28-8-10-32-11-9-28/h1-7,12H,8-11H2,(H,25,26)(H,30,31). The number of amides is 1. The molecule has 0 radical (unpaired) electrons. The molecule has 1 saturated heterocycles. The SMILES string of the molecule is O=C(O)c1nnc(-c2c(F)cccc2Cl)cc1Nc1ccc(C(=O)N2CCOCC2)cc1. The van der Waals surface area contributed by atoms with E-state index in [9.17, 15) is 19.1 Å². The van der Waals surface area contributed by atoms with E-state index in [-0.39, 0.29) is 33.6 Å². The fourth-order valence-corrected chi connectivity index (χ4v) is 3.57. The van der Waals surface area contributed by atoms with Crippen LogP contribution in [0.1, 0.15) is 20.8 Å². The quantitative estimate of drug-likeness (QED) is 0.600. The average molecular weight is 457 g/mol. The van der Waals surface area contributed by atoms with E-state index in [2.05, 4.69) is 15.5 Å². The van der Waals surface area contributed by atoms with Crippen molar-refractivity contribution in [3.63, 3.8) is 0 Å². The predicted octanol–water partition coefficient (Wildman–Crippen LogP) is 3.85. The lowest BCUT2D eigenvalue weighted by Gasteiger charge is -2.26. The number of hydrogen-bond acceptors (Lipinski definition) is 6. The first-order chi connectivity index (χ1) is 15.4. The van der Waals surface area contributed by atoms with Crippen LogP contribution in [0.15, 0.2) is 48.5 Å². The van der Waals surface area contributed by atoms with Gasteiger partial charge in [-0.25, -0.2) is 9.18 Å². The Hall–Kier alpha value is -3.56. The highest BCUT2D eigenvalue weighted by Gasteiger charge is 2.20. The molecule has 3 aromatic rings. The highest BCUT2D eigenvalue weighted by atomic mass is 35.5. The van der Waals surface area contributed by atoms with Crippen LogP contribution in [0.2, 0.25) is 5.02 Å². The van der Waals surface area contributed by atoms with Crippen molar-refractivity contribution in [2.45, 2.75) is 0 Å². The number of carbonyl (C=O) groups excluding carboxylic acids is 1. The molecule has 8 nitrogen and oxygen atoms in total. The Kier molecular flexibility index (Phi) is 6.29. The minimum absolute atomic E-state index is 0.0214. The molecule has 1 fully saturated rings. The van der Waals surface area contributed by atoms with Crippen molar-refractivity contribution in [2.24, 2.45) is 0 Å². The molecule has 2 aromatic carbocycles. The van der Waals surface area contributed by atoms with E-state index < -0.39 is 11.8 Å². The van der Waals surface area contributed by atoms with Gasteiger partial charge in [0.15, 0.2) is 5.69 Å². The number of aromatic carboxylic acids is 1. The van der Waals surface area contributed by atoms with Gasteiger partial charge in [-0.05, 0) is 42.5 Å². The molecule has 0 spiro atoms. The zero-order chi connectivity index (χ0) is 22.7. The second-order valence-corrected chi connectivity index (χ2v) is 7.41. The maximum atomic E-state index is 14.3. The fourth-order valence-electron chi connectivity index (χ4n) is 3.31. The minimum atomic E-state index is -1.30. The van der Waals surface area contributed by atoms with Gasteiger partial charge in [0.1, 0.15) is 5.82 Å². The summed E-state index contributed by atoms with van der Waals surface area (Å²) < 4.78 is 19.6. The Balaban J connectivity index is 1.61. The number of morpholine rings is 1. The Bertz CT molecular complexity index is 1150. The van der Waals surface area contributed by atoms with Crippen LogP contribution >= 0.6 is 11.6 Å². The molecule has 1 aromatic heterocycles. The zero-order valence-corrected chi connectivity index (χ0v) is 17.5. The van der Waals surface area contributed by atoms with Gasteiger partial charge in [-0.3, -0.25) is 4.79 Å². The van der Waals surface area contributed by atoms with Crippen LogP contribution in [0.4, 0.5) is 15.8 Å². The number of carboxylic acids is 1. The number of nitrogens with zero attached hydrogens (tertiary/aromatic N) is 3. The van der Waals surface area contributed by atoms with Crippen LogP contribution < -0.4 is 5.32 Å². The van der Waals surface area contributed by atoms with E-state index >= 15 is 0 Å². The molecule has 1 aliphatic rings. The predicted molar refractivity (Wildman–Crippen MR) is 116 cm³/mol. The Morgan fingerprint density at radius 2 is 1.81 bits per heavy atom. The van der Waals surface area contributed by atoms with Crippen molar-refractivity contribution in [3.05, 3.63) is 70.6 Å². The van der Waals surface area contributed by atoms with Crippen LogP contribution in [0.25, 0.3) is 11.3 Å². The van der Waals surface area contributed by atoms with E-state index in [1.807, 2.05) is 0 Å². The summed E-state index contributed by atoms with van der Waals surface area (Å²) in [6.07, 6.45) is 0. The highest BCUT2D eigenvalue weighted by Crippen LogP contribution is 2.31. The number of carboxylic acid groups (broad SMARTS) is 1. The molecule has 0 aliphatic carbocycles. The van der Waals surface area contributed by atoms with Gasteiger partial charge < -0.3 is 20.1 Å². The largest absolute Gasteiger partial charge is 0.476 e. The smallest absolute Gasteiger partial charge is 0.358 e. The van der Waals surface area contributed by atoms with Gasteiger partial charge in [-0.2, -0.15) is 0 Å². The maximum Gasteiger partial charge on any atom is 0.358 e. The second kappa shape index (κ2) is 9.29. The van der Waals surface area contributed by atoms with Crippen molar-refractivity contribution >= 4 is 34.9 Å². The number of nitrogens with one attached hydrogen (secondary N) is 1. The first kappa shape index (κ1) is 21.7. The third-order valence-corrected chi connectivity index (χ3v) is 5.24. The maximum absolute atomic E-state index is 14.3. The van der Waals surface area contributed by atoms with Crippen molar-refractivity contribution in [1.29, 1.82) is 0 Å². The summed E-state index contributed by atoms with van der Waals surface area (Å²) >= 11 is 6.10. The summed E-state index contributed by atoms with van der Waals surface area (Å²) in [6.45, 7) is 2.08. The van der Waals surface area contributed by atoms with Gasteiger partial charge in [0.05, 0.1) is 35.2 Å². The van der Waals surface area contributed by atoms with Gasteiger partial charge in [-0.1, -0.05) is 17.7 Å². The number of anilines is 2. The van der Waals surface area contributed by atoms with Crippen LogP contribution in [0.5, 0.6) is 0 Å². The summed E-state index contributed by atoms with van der Waals surface area (Å²) in [6, 6.07) is 12.1. The molecular formula is C22H18ClFN4O4. The van der Waals surface area contributed by atoms with Crippen molar-refractivity contribution in [3.8, 4) is 11.3 Å². The number of halogens is 2. The molecule has 4 rings (SSSR count). The molecule has 0 saturated carbocycles. The first-order valence-electron chi connectivity index (χ1n) is 9.73. The lowest BCUT2D eigenvalue weighted by atomic mass is 10.1. The van der Waals surface area contributed by atoms with E-state index in [1.54, 1.807) is 29.2 Å². The molecule has 32 heavy (non-hydrogen) atoms. The Labute approximate surface area is 187 Å². The molecule has 1 amide bonds. The first-order valence-corrected chi connectivity index (χ1v) is 10.1. The average Bonchev–Trinajstić information content (AvgIpc) is 2.79. The summed E-state index contributed by atoms with van der Waals surface area (Å²) in [5, 5.41) is 20.1. The van der Waals surface area contributed by atoms with Crippen molar-refractivity contribution < 1.29 is 23.8 Å². The van der Waals surface area contributed by atoms with Gasteiger partial charge in [0.2, 0.25) is 0 Å². The van der Waals surface area contributed by atoms with E-state index in [1.165, 1.54) is 24.3 Å². The number of ether oxygens (including phenoxy) is 1. The third kappa shape index (κ3) is 4.53. The fraction of sp³-hybridized carbons (Fsp3) is 0.182. The summed E-state index contributed by atoms with van der Waals surface area (Å²) in [5.74, 6) is -2.01. The van der Waals surface area contributed by atoms with Crippen LogP contribution in [-0.2, 0) is 4.74 Å². The molecule has 1 aliphatic heterocycles. The molecule has 0 bridgehead atoms. The lowest BCUT2D eigenvalue weighted by molar-refractivity contribution is 0.0303. The molecular weight excluding hydrogens is 439 g/mol. The van der Waals surface area contributed by atoms with Gasteiger partial charge in [0, 0.05) is 24.3 Å². The molecule has 0 unspecified atom stereocenters. The number of hydrogen-bond donors (Lipinski definition) is 2. The molecule has 2 heterocycles. The van der Waals surface area contributed by atoms with E-state index in [0.29, 0.717) is 37.6 Å². The summed E-state index contributed by atoms with van der Waals surface area (Å²) in [7, 11) is 0. The number of aromatic nitrogens is 2. The van der Waals surface area contributed by atoms with Crippen molar-refractivity contribution in [1.82, 2.24) is 15.1 Å². The Morgan fingerprint density at radius 3 is 2.47 bits per heavy atom. The lowest BCUT2D eigenvalue weighted by Crippen LogP contribution is -2.40. The Morgan fingerprint density at radius 1 is 1.09 bits per heavy atom. The zero-order valence-electron chi connectivity index (χ0n) is 16.7. The van der Waals surface area contributed by atoms with Crippen molar-refractivity contribution in [2.75, 3.05) is 31.6 Å². The van der Waals surface area contributed by atoms with E-state index in [4.69, 9.17) is 16.3 Å². The molecule has 2 N–H and O–H groups in total. The van der Waals surface area contributed by atoms with Gasteiger partial charge in [0.25, 0.3) is 5.91 Å². The van der Waals surface area contributed by atoms with E-state index in [0.717, 1.165) is 0 Å². The van der Waals surface area contributed by atoms with Gasteiger partial charge in [-0.15, -0.1) is 10.2 Å². The number of benzene rings is 2. The topological polar surface area (TPSA) is 105 Å². The molecule has 10 heteroatoms. The van der Waals surface area contributed by atoms with Crippen LogP contribution in [-0.4, -0.2) is 58.4 Å².